The summed E-state index contributed by atoms with van der Waals surface area (Å²) in [7, 11) is 0. The zero-order valence-corrected chi connectivity index (χ0v) is 11.8. The molecule has 98 valence electrons. The summed E-state index contributed by atoms with van der Waals surface area (Å²) in [6.07, 6.45) is 4.69. The molecule has 1 aliphatic carbocycles. The summed E-state index contributed by atoms with van der Waals surface area (Å²) < 4.78 is 0. The van der Waals surface area contributed by atoms with Crippen LogP contribution in [0.2, 0.25) is 0 Å². The summed E-state index contributed by atoms with van der Waals surface area (Å²) in [6, 6.07) is 1.12. The van der Waals surface area contributed by atoms with Crippen molar-refractivity contribution in [3.63, 3.8) is 0 Å². The van der Waals surface area contributed by atoms with Crippen molar-refractivity contribution in [2.45, 2.75) is 57.7 Å². The third-order valence-electron chi connectivity index (χ3n) is 3.58. The molecule has 1 saturated carbocycles. The molecule has 2 unspecified atom stereocenters. The zero-order valence-electron chi connectivity index (χ0n) is 10.9. The van der Waals surface area contributed by atoms with Crippen LogP contribution in [0.3, 0.4) is 0 Å². The topological polar surface area (TPSA) is 32.3 Å². The number of nitrogens with zero attached hydrogens (tertiary/aromatic N) is 1. The standard InChI is InChI=1S/C13H24N2OS/c1-3-17-9-10(2)15-8-4-5-12(13(15)16)14-11-6-7-11/h10-12,14H,3-9H2,1-2H3. The van der Waals surface area contributed by atoms with Gasteiger partial charge in [-0.05, 0) is 38.4 Å². The van der Waals surface area contributed by atoms with Crippen molar-refractivity contribution < 1.29 is 4.79 Å². The number of likely N-dealkylation sites (tertiary alicyclic amines) is 1. The van der Waals surface area contributed by atoms with Gasteiger partial charge in [0.15, 0.2) is 0 Å². The fourth-order valence-corrected chi connectivity index (χ4v) is 3.16. The highest BCUT2D eigenvalue weighted by atomic mass is 32.2. The summed E-state index contributed by atoms with van der Waals surface area (Å²) in [5.74, 6) is 2.54. The first kappa shape index (κ1) is 13.2. The summed E-state index contributed by atoms with van der Waals surface area (Å²) in [6.45, 7) is 5.31. The molecule has 17 heavy (non-hydrogen) atoms. The summed E-state index contributed by atoms with van der Waals surface area (Å²) >= 11 is 1.93. The largest absolute Gasteiger partial charge is 0.338 e. The molecule has 0 aromatic rings. The maximum Gasteiger partial charge on any atom is 0.239 e. The quantitative estimate of drug-likeness (QED) is 0.787. The fourth-order valence-electron chi connectivity index (χ4n) is 2.40. The van der Waals surface area contributed by atoms with Crippen LogP contribution in [0.4, 0.5) is 0 Å². The second kappa shape index (κ2) is 6.10. The molecular weight excluding hydrogens is 232 g/mol. The molecule has 1 heterocycles. The Morgan fingerprint density at radius 3 is 2.88 bits per heavy atom. The molecule has 0 bridgehead atoms. The van der Waals surface area contributed by atoms with Crippen LogP contribution in [0.5, 0.6) is 0 Å². The van der Waals surface area contributed by atoms with E-state index in [0.29, 0.717) is 18.0 Å². The van der Waals surface area contributed by atoms with Gasteiger partial charge in [-0.25, -0.2) is 0 Å². The Morgan fingerprint density at radius 2 is 2.24 bits per heavy atom. The van der Waals surface area contributed by atoms with Gasteiger partial charge in [0.2, 0.25) is 5.91 Å². The SMILES string of the molecule is CCSCC(C)N1CCCC(NC2CC2)C1=O. The van der Waals surface area contributed by atoms with Gasteiger partial charge < -0.3 is 10.2 Å². The van der Waals surface area contributed by atoms with Crippen LogP contribution in [0, 0.1) is 0 Å². The molecule has 0 radical (unpaired) electrons. The third-order valence-corrected chi connectivity index (χ3v) is 4.71. The Bertz CT molecular complexity index is 268. The monoisotopic (exact) mass is 256 g/mol. The lowest BCUT2D eigenvalue weighted by atomic mass is 10.0. The molecule has 2 atom stereocenters. The Morgan fingerprint density at radius 1 is 1.47 bits per heavy atom. The minimum absolute atomic E-state index is 0.102. The number of amides is 1. The van der Waals surface area contributed by atoms with Gasteiger partial charge in [0.25, 0.3) is 0 Å². The molecule has 2 fully saturated rings. The molecule has 1 saturated heterocycles. The highest BCUT2D eigenvalue weighted by Gasteiger charge is 2.34. The van der Waals surface area contributed by atoms with Crippen molar-refractivity contribution in [3.05, 3.63) is 0 Å². The van der Waals surface area contributed by atoms with Crippen molar-refractivity contribution >= 4 is 17.7 Å². The molecule has 0 spiro atoms. The highest BCUT2D eigenvalue weighted by molar-refractivity contribution is 7.99. The van der Waals surface area contributed by atoms with E-state index in [4.69, 9.17) is 0 Å². The predicted molar refractivity (Wildman–Crippen MR) is 73.4 cm³/mol. The molecule has 2 aliphatic rings. The fraction of sp³-hybridized carbons (Fsp3) is 0.923. The number of nitrogens with one attached hydrogen (secondary N) is 1. The van der Waals surface area contributed by atoms with Crippen LogP contribution < -0.4 is 5.32 Å². The van der Waals surface area contributed by atoms with E-state index in [0.717, 1.165) is 30.9 Å². The molecule has 4 heteroatoms. The maximum atomic E-state index is 12.3. The average molecular weight is 256 g/mol. The number of thioether (sulfide) groups is 1. The number of piperidine rings is 1. The summed E-state index contributed by atoms with van der Waals surface area (Å²) in [4.78, 5) is 14.4. The maximum absolute atomic E-state index is 12.3. The predicted octanol–water partition coefficient (Wildman–Crippen LogP) is 1.87. The first-order valence-corrected chi connectivity index (χ1v) is 8.02. The third kappa shape index (κ3) is 3.62. The van der Waals surface area contributed by atoms with Gasteiger partial charge in [0.05, 0.1) is 6.04 Å². The highest BCUT2D eigenvalue weighted by Crippen LogP contribution is 2.23. The number of rotatable bonds is 6. The Kier molecular flexibility index (Phi) is 4.74. The molecule has 0 aromatic carbocycles. The lowest BCUT2D eigenvalue weighted by Crippen LogP contribution is -2.54. The Hall–Kier alpha value is -0.220. The van der Waals surface area contributed by atoms with Crippen LogP contribution >= 0.6 is 11.8 Å². The molecule has 1 N–H and O–H groups in total. The van der Waals surface area contributed by atoms with Crippen LogP contribution in [0.1, 0.15) is 39.5 Å². The van der Waals surface area contributed by atoms with E-state index in [-0.39, 0.29) is 6.04 Å². The molecule has 1 aliphatic heterocycles. The van der Waals surface area contributed by atoms with Gasteiger partial charge in [0, 0.05) is 24.4 Å². The van der Waals surface area contributed by atoms with Gasteiger partial charge in [-0.15, -0.1) is 0 Å². The van der Waals surface area contributed by atoms with E-state index in [1.54, 1.807) is 0 Å². The number of carbonyl (C=O) groups excluding carboxylic acids is 1. The minimum atomic E-state index is 0.102. The van der Waals surface area contributed by atoms with Crippen molar-refractivity contribution in [2.24, 2.45) is 0 Å². The van der Waals surface area contributed by atoms with E-state index in [1.807, 2.05) is 11.8 Å². The normalized spacial score (nSPS) is 27.3. The van der Waals surface area contributed by atoms with E-state index in [9.17, 15) is 4.79 Å². The first-order chi connectivity index (χ1) is 8.22. The van der Waals surface area contributed by atoms with Crippen molar-refractivity contribution in [1.29, 1.82) is 0 Å². The van der Waals surface area contributed by atoms with Gasteiger partial charge in [-0.1, -0.05) is 6.92 Å². The number of hydrogen-bond donors (Lipinski definition) is 1. The lowest BCUT2D eigenvalue weighted by Gasteiger charge is -2.37. The average Bonchev–Trinajstić information content (AvgIpc) is 3.13. The zero-order chi connectivity index (χ0) is 12.3. The van der Waals surface area contributed by atoms with E-state index >= 15 is 0 Å². The van der Waals surface area contributed by atoms with Crippen LogP contribution in [0.25, 0.3) is 0 Å². The van der Waals surface area contributed by atoms with Gasteiger partial charge >= 0.3 is 0 Å². The Labute approximate surface area is 109 Å². The molecule has 3 nitrogen and oxygen atoms in total. The number of hydrogen-bond acceptors (Lipinski definition) is 3. The van der Waals surface area contributed by atoms with Crippen LogP contribution in [0.15, 0.2) is 0 Å². The molecular formula is C13H24N2OS. The lowest BCUT2D eigenvalue weighted by molar-refractivity contribution is -0.137. The van der Waals surface area contributed by atoms with Gasteiger partial charge in [-0.2, -0.15) is 11.8 Å². The van der Waals surface area contributed by atoms with E-state index in [1.165, 1.54) is 12.8 Å². The second-order valence-corrected chi connectivity index (χ2v) is 6.49. The first-order valence-electron chi connectivity index (χ1n) is 6.86. The second-order valence-electron chi connectivity index (χ2n) is 5.18. The van der Waals surface area contributed by atoms with Crippen molar-refractivity contribution in [3.8, 4) is 0 Å². The molecule has 2 rings (SSSR count). The van der Waals surface area contributed by atoms with Crippen molar-refractivity contribution in [2.75, 3.05) is 18.1 Å². The Balaban J connectivity index is 1.85. The summed E-state index contributed by atoms with van der Waals surface area (Å²) in [5.41, 5.74) is 0. The minimum Gasteiger partial charge on any atom is -0.338 e. The summed E-state index contributed by atoms with van der Waals surface area (Å²) in [5, 5.41) is 3.49. The number of carbonyl (C=O) groups is 1. The van der Waals surface area contributed by atoms with Crippen molar-refractivity contribution in [1.82, 2.24) is 10.2 Å². The smallest absolute Gasteiger partial charge is 0.239 e. The van der Waals surface area contributed by atoms with Gasteiger partial charge in [-0.3, -0.25) is 4.79 Å². The molecule has 1 amide bonds. The van der Waals surface area contributed by atoms with E-state index in [2.05, 4.69) is 24.1 Å². The van der Waals surface area contributed by atoms with Crippen LogP contribution in [-0.4, -0.2) is 47.0 Å². The van der Waals surface area contributed by atoms with Crippen LogP contribution in [-0.2, 0) is 4.79 Å². The van der Waals surface area contributed by atoms with Gasteiger partial charge in [0.1, 0.15) is 0 Å². The molecule has 0 aromatic heterocycles. The van der Waals surface area contributed by atoms with E-state index < -0.39 is 0 Å².